The minimum Gasteiger partial charge on any atom is -0.450 e. The number of allylic oxidation sites excluding steroid dienone is 4. The highest BCUT2D eigenvalue weighted by molar-refractivity contribution is 5.92. The molecule has 4 nitrogen and oxygen atoms in total. The minimum absolute atomic E-state index is 0.00333. The standard InChI is InChI=1S/C30H36O4/c1-19-16-26-24-11-10-22-18-23(32)12-14-28(22,3)25(24)13-15-29(26,4)30(19,20(2)31)34-27(33)17-21-8-6-5-7-9-21/h5-11,18-19,24-26H,12-17H2,1-4H3/t19-,24?,25?,26?,28?,29?,30-/m0/s1. The lowest BCUT2D eigenvalue weighted by Gasteiger charge is -2.57. The largest absolute Gasteiger partial charge is 0.450 e. The van der Waals surface area contributed by atoms with E-state index in [4.69, 9.17) is 4.74 Å². The number of ketones is 2. The summed E-state index contributed by atoms with van der Waals surface area (Å²) in [6.07, 6.45) is 10.7. The number of carbonyl (C=O) groups excluding carboxylic acids is 3. The molecule has 5 unspecified atom stereocenters. The molecule has 4 aliphatic rings. The summed E-state index contributed by atoms with van der Waals surface area (Å²) in [7, 11) is 0. The first kappa shape index (κ1) is 23.3. The summed E-state index contributed by atoms with van der Waals surface area (Å²) in [4.78, 5) is 38.6. The van der Waals surface area contributed by atoms with E-state index in [0.717, 1.165) is 31.2 Å². The van der Waals surface area contributed by atoms with E-state index in [-0.39, 0.29) is 41.2 Å². The first-order chi connectivity index (χ1) is 16.1. The fourth-order valence-electron chi connectivity index (χ4n) is 8.34. The van der Waals surface area contributed by atoms with Crippen molar-refractivity contribution in [1.29, 1.82) is 0 Å². The molecule has 2 fully saturated rings. The van der Waals surface area contributed by atoms with E-state index in [2.05, 4.69) is 32.9 Å². The van der Waals surface area contributed by atoms with Gasteiger partial charge in [0, 0.05) is 17.8 Å². The van der Waals surface area contributed by atoms with Gasteiger partial charge in [-0.3, -0.25) is 14.4 Å². The molecule has 0 heterocycles. The van der Waals surface area contributed by atoms with Gasteiger partial charge in [0.2, 0.25) is 0 Å². The van der Waals surface area contributed by atoms with Gasteiger partial charge in [0.05, 0.1) is 6.42 Å². The van der Waals surface area contributed by atoms with Crippen molar-refractivity contribution < 1.29 is 19.1 Å². The molecule has 4 heteroatoms. The van der Waals surface area contributed by atoms with Gasteiger partial charge in [0.15, 0.2) is 17.2 Å². The molecule has 0 radical (unpaired) electrons. The highest BCUT2D eigenvalue weighted by atomic mass is 16.6. The van der Waals surface area contributed by atoms with Crippen molar-refractivity contribution in [3.63, 3.8) is 0 Å². The summed E-state index contributed by atoms with van der Waals surface area (Å²) in [6.45, 7) is 8.22. The van der Waals surface area contributed by atoms with E-state index in [9.17, 15) is 14.4 Å². The Morgan fingerprint density at radius 2 is 1.82 bits per heavy atom. The maximum absolute atomic E-state index is 13.4. The molecule has 7 atom stereocenters. The monoisotopic (exact) mass is 460 g/mol. The van der Waals surface area contributed by atoms with Crippen molar-refractivity contribution in [2.75, 3.05) is 0 Å². The van der Waals surface area contributed by atoms with Crippen molar-refractivity contribution >= 4 is 17.5 Å². The van der Waals surface area contributed by atoms with E-state index in [1.54, 1.807) is 6.92 Å². The van der Waals surface area contributed by atoms with Crippen LogP contribution < -0.4 is 0 Å². The zero-order chi connectivity index (χ0) is 24.3. The number of hydrogen-bond donors (Lipinski definition) is 0. The maximum atomic E-state index is 13.4. The molecule has 2 saturated carbocycles. The third-order valence-electron chi connectivity index (χ3n) is 10.0. The second kappa shape index (κ2) is 8.03. The van der Waals surface area contributed by atoms with E-state index in [1.165, 1.54) is 5.57 Å². The van der Waals surface area contributed by atoms with E-state index < -0.39 is 11.0 Å². The number of fused-ring (bicyclic) bond motifs is 5. The normalized spacial score (nSPS) is 40.6. The predicted molar refractivity (Wildman–Crippen MR) is 131 cm³/mol. The van der Waals surface area contributed by atoms with Crippen LogP contribution in [0.1, 0.15) is 65.4 Å². The number of Topliss-reactive ketones (excluding diaryl/α,β-unsaturated/α-hetero) is 1. The fraction of sp³-hybridized carbons (Fsp3) is 0.567. The van der Waals surface area contributed by atoms with Crippen LogP contribution in [0.15, 0.2) is 54.1 Å². The Kier molecular flexibility index (Phi) is 5.50. The molecule has 0 saturated heterocycles. The Labute approximate surface area is 202 Å². The lowest BCUT2D eigenvalue weighted by atomic mass is 9.48. The van der Waals surface area contributed by atoms with Gasteiger partial charge in [-0.05, 0) is 73.0 Å². The number of ether oxygens (including phenoxy) is 1. The van der Waals surface area contributed by atoms with Crippen LogP contribution in [0.5, 0.6) is 0 Å². The van der Waals surface area contributed by atoms with Crippen molar-refractivity contribution in [3.05, 3.63) is 59.7 Å². The quantitative estimate of drug-likeness (QED) is 0.545. The van der Waals surface area contributed by atoms with Gasteiger partial charge in [-0.15, -0.1) is 0 Å². The van der Waals surface area contributed by atoms with E-state index >= 15 is 0 Å². The van der Waals surface area contributed by atoms with Gasteiger partial charge < -0.3 is 4.74 Å². The van der Waals surface area contributed by atoms with Gasteiger partial charge in [-0.2, -0.15) is 0 Å². The summed E-state index contributed by atoms with van der Waals surface area (Å²) in [5.41, 5.74) is 0.576. The van der Waals surface area contributed by atoms with Crippen molar-refractivity contribution in [2.45, 2.75) is 71.8 Å². The Balaban J connectivity index is 1.49. The van der Waals surface area contributed by atoms with Gasteiger partial charge in [0.25, 0.3) is 0 Å². The molecule has 4 aliphatic carbocycles. The van der Waals surface area contributed by atoms with Crippen LogP contribution in [0.3, 0.4) is 0 Å². The SMILES string of the molecule is CC(=O)[C@@]1(OC(=O)Cc2ccccc2)[C@@H](C)CC2C3C=CC4=CC(=O)CCC4(C)C3CCC21C. The number of hydrogen-bond acceptors (Lipinski definition) is 4. The number of rotatable bonds is 4. The van der Waals surface area contributed by atoms with Crippen LogP contribution in [0.4, 0.5) is 0 Å². The maximum Gasteiger partial charge on any atom is 0.311 e. The molecular weight excluding hydrogens is 424 g/mol. The lowest BCUT2D eigenvalue weighted by molar-refractivity contribution is -0.192. The molecule has 180 valence electrons. The topological polar surface area (TPSA) is 60.4 Å². The van der Waals surface area contributed by atoms with Crippen molar-refractivity contribution in [1.82, 2.24) is 0 Å². The van der Waals surface area contributed by atoms with Gasteiger partial charge in [0.1, 0.15) is 0 Å². The Hall–Kier alpha value is -2.49. The highest BCUT2D eigenvalue weighted by Gasteiger charge is 2.70. The van der Waals surface area contributed by atoms with Crippen LogP contribution in [-0.4, -0.2) is 23.1 Å². The van der Waals surface area contributed by atoms with Crippen LogP contribution in [0.25, 0.3) is 0 Å². The zero-order valence-corrected chi connectivity index (χ0v) is 20.8. The first-order valence-corrected chi connectivity index (χ1v) is 12.8. The Bertz CT molecular complexity index is 1080. The smallest absolute Gasteiger partial charge is 0.311 e. The molecule has 5 rings (SSSR count). The zero-order valence-electron chi connectivity index (χ0n) is 20.8. The first-order valence-electron chi connectivity index (χ1n) is 12.8. The van der Waals surface area contributed by atoms with Crippen LogP contribution >= 0.6 is 0 Å². The molecule has 0 spiro atoms. The summed E-state index contributed by atoms with van der Waals surface area (Å²) >= 11 is 0. The lowest BCUT2D eigenvalue weighted by Crippen LogP contribution is -2.60. The molecule has 1 aromatic carbocycles. The number of benzene rings is 1. The number of carbonyl (C=O) groups is 3. The Morgan fingerprint density at radius 1 is 1.09 bits per heavy atom. The molecule has 0 aromatic heterocycles. The van der Waals surface area contributed by atoms with Crippen molar-refractivity contribution in [2.24, 2.45) is 34.5 Å². The van der Waals surface area contributed by atoms with Crippen LogP contribution in [0.2, 0.25) is 0 Å². The molecule has 0 N–H and O–H groups in total. The third-order valence-corrected chi connectivity index (χ3v) is 10.0. The van der Waals surface area contributed by atoms with Gasteiger partial charge in [-0.25, -0.2) is 0 Å². The van der Waals surface area contributed by atoms with Gasteiger partial charge >= 0.3 is 5.97 Å². The Morgan fingerprint density at radius 3 is 2.53 bits per heavy atom. The molecular formula is C30H36O4. The third kappa shape index (κ3) is 3.21. The summed E-state index contributed by atoms with van der Waals surface area (Å²) in [5.74, 6) is 0.882. The second-order valence-corrected chi connectivity index (χ2v) is 11.7. The summed E-state index contributed by atoms with van der Waals surface area (Å²) in [5, 5.41) is 0. The minimum atomic E-state index is -1.10. The van der Waals surface area contributed by atoms with Crippen molar-refractivity contribution in [3.8, 4) is 0 Å². The summed E-state index contributed by atoms with van der Waals surface area (Å²) < 4.78 is 6.31. The van der Waals surface area contributed by atoms with Gasteiger partial charge in [-0.1, -0.05) is 63.3 Å². The molecule has 0 amide bonds. The average Bonchev–Trinajstić information content (AvgIpc) is 3.02. The second-order valence-electron chi connectivity index (χ2n) is 11.7. The summed E-state index contributed by atoms with van der Waals surface area (Å²) in [6, 6.07) is 9.59. The fourth-order valence-corrected chi connectivity index (χ4v) is 8.34. The van der Waals surface area contributed by atoms with Crippen LogP contribution in [-0.2, 0) is 25.5 Å². The predicted octanol–water partition coefficient (Wildman–Crippen LogP) is 5.65. The van der Waals surface area contributed by atoms with E-state index in [0.29, 0.717) is 18.3 Å². The van der Waals surface area contributed by atoms with E-state index in [1.807, 2.05) is 36.4 Å². The molecule has 0 bridgehead atoms. The average molecular weight is 461 g/mol. The molecule has 1 aromatic rings. The highest BCUT2D eigenvalue weighted by Crippen LogP contribution is 2.68. The molecule has 0 aliphatic heterocycles. The number of esters is 1. The molecule has 34 heavy (non-hydrogen) atoms. The van der Waals surface area contributed by atoms with Crippen LogP contribution in [0, 0.1) is 34.5 Å².